The molecule has 0 spiro atoms. The molecule has 0 aromatic rings. The predicted octanol–water partition coefficient (Wildman–Crippen LogP) is 2.33. The van der Waals surface area contributed by atoms with Crippen LogP contribution in [0.15, 0.2) is 0 Å². The Morgan fingerprint density at radius 2 is 2.12 bits per heavy atom. The second kappa shape index (κ2) is 8.90. The fourth-order valence-electron chi connectivity index (χ4n) is 2.50. The highest BCUT2D eigenvalue weighted by atomic mass is 16.5. The highest BCUT2D eigenvalue weighted by Crippen LogP contribution is 2.26. The highest BCUT2D eigenvalue weighted by Gasteiger charge is 2.21. The van der Waals surface area contributed by atoms with Crippen molar-refractivity contribution in [3.8, 4) is 0 Å². The fourth-order valence-corrected chi connectivity index (χ4v) is 2.50. The summed E-state index contributed by atoms with van der Waals surface area (Å²) in [5.41, 5.74) is 0. The van der Waals surface area contributed by atoms with Crippen LogP contribution in [0.1, 0.15) is 52.4 Å². The number of hydrogen-bond donors (Lipinski definition) is 2. The van der Waals surface area contributed by atoms with E-state index in [0.29, 0.717) is 12.0 Å². The van der Waals surface area contributed by atoms with E-state index < -0.39 is 0 Å². The Hall–Kier alpha value is -0.120. The predicted molar refractivity (Wildman–Crippen MR) is 71.2 cm³/mol. The zero-order valence-corrected chi connectivity index (χ0v) is 11.5. The van der Waals surface area contributed by atoms with Crippen LogP contribution >= 0.6 is 0 Å². The lowest BCUT2D eigenvalue weighted by atomic mass is 9.88. The van der Waals surface area contributed by atoms with E-state index in [1.165, 1.54) is 25.7 Å². The molecular formula is C14H29NO2. The molecule has 3 heteroatoms. The van der Waals surface area contributed by atoms with Gasteiger partial charge < -0.3 is 15.2 Å². The molecule has 102 valence electrons. The average Bonchev–Trinajstić information content (AvgIpc) is 2.35. The molecule has 0 aliphatic heterocycles. The molecule has 0 radical (unpaired) electrons. The standard InChI is InChI=1S/C14H29NO2/c1-3-9-15-13(11-16)8-10-17-14-7-5-4-6-12(14)2/h12-16H,3-11H2,1-2H3. The SMILES string of the molecule is CCCNC(CO)CCOC1CCCCC1C. The van der Waals surface area contributed by atoms with Crippen LogP contribution in [0.4, 0.5) is 0 Å². The molecule has 1 aliphatic carbocycles. The summed E-state index contributed by atoms with van der Waals surface area (Å²) in [4.78, 5) is 0. The van der Waals surface area contributed by atoms with Crippen molar-refractivity contribution in [3.63, 3.8) is 0 Å². The summed E-state index contributed by atoms with van der Waals surface area (Å²) >= 11 is 0. The van der Waals surface area contributed by atoms with Crippen LogP contribution in [0.2, 0.25) is 0 Å². The summed E-state index contributed by atoms with van der Waals surface area (Å²) in [6, 6.07) is 0.203. The van der Waals surface area contributed by atoms with E-state index >= 15 is 0 Å². The number of ether oxygens (including phenoxy) is 1. The van der Waals surface area contributed by atoms with Crippen LogP contribution in [0, 0.1) is 5.92 Å². The molecule has 1 saturated carbocycles. The van der Waals surface area contributed by atoms with E-state index in [1.807, 2.05) is 0 Å². The van der Waals surface area contributed by atoms with E-state index in [-0.39, 0.29) is 12.6 Å². The van der Waals surface area contributed by atoms with Gasteiger partial charge in [0, 0.05) is 12.6 Å². The zero-order valence-electron chi connectivity index (χ0n) is 11.5. The normalized spacial score (nSPS) is 27.0. The minimum absolute atomic E-state index is 0.203. The Bertz CT molecular complexity index is 187. The number of aliphatic hydroxyl groups is 1. The molecule has 0 saturated heterocycles. The van der Waals surface area contributed by atoms with Gasteiger partial charge in [0.05, 0.1) is 12.7 Å². The second-order valence-corrected chi connectivity index (χ2v) is 5.29. The van der Waals surface area contributed by atoms with Crippen LogP contribution in [-0.2, 0) is 4.74 Å². The molecule has 17 heavy (non-hydrogen) atoms. The molecule has 1 aliphatic rings. The molecule has 3 atom stereocenters. The molecule has 0 bridgehead atoms. The third-order valence-corrected chi connectivity index (χ3v) is 3.73. The minimum atomic E-state index is 0.203. The van der Waals surface area contributed by atoms with Crippen molar-refractivity contribution in [2.24, 2.45) is 5.92 Å². The van der Waals surface area contributed by atoms with E-state index in [2.05, 4.69) is 19.2 Å². The van der Waals surface area contributed by atoms with Crippen LogP contribution in [-0.4, -0.2) is 37.0 Å². The third kappa shape index (κ3) is 5.84. The average molecular weight is 243 g/mol. The molecule has 0 heterocycles. The monoisotopic (exact) mass is 243 g/mol. The first kappa shape index (κ1) is 14.9. The maximum absolute atomic E-state index is 9.22. The summed E-state index contributed by atoms with van der Waals surface area (Å²) in [6.07, 6.45) is 7.67. The van der Waals surface area contributed by atoms with Gasteiger partial charge in [0.15, 0.2) is 0 Å². The second-order valence-electron chi connectivity index (χ2n) is 5.29. The van der Waals surface area contributed by atoms with Crippen molar-refractivity contribution in [1.82, 2.24) is 5.32 Å². The molecular weight excluding hydrogens is 214 g/mol. The van der Waals surface area contributed by atoms with Gasteiger partial charge in [0.1, 0.15) is 0 Å². The summed E-state index contributed by atoms with van der Waals surface area (Å²) in [7, 11) is 0. The lowest BCUT2D eigenvalue weighted by molar-refractivity contribution is -0.0104. The van der Waals surface area contributed by atoms with E-state index in [0.717, 1.165) is 26.0 Å². The van der Waals surface area contributed by atoms with Crippen molar-refractivity contribution in [2.45, 2.75) is 64.5 Å². The first-order chi connectivity index (χ1) is 8.27. The van der Waals surface area contributed by atoms with Crippen LogP contribution in [0.25, 0.3) is 0 Å². The molecule has 3 unspecified atom stereocenters. The Morgan fingerprint density at radius 3 is 2.76 bits per heavy atom. The van der Waals surface area contributed by atoms with Gasteiger partial charge >= 0.3 is 0 Å². The van der Waals surface area contributed by atoms with E-state index in [9.17, 15) is 5.11 Å². The van der Waals surface area contributed by atoms with Crippen molar-refractivity contribution in [3.05, 3.63) is 0 Å². The number of rotatable bonds is 8. The van der Waals surface area contributed by atoms with E-state index in [1.54, 1.807) is 0 Å². The molecule has 0 amide bonds. The van der Waals surface area contributed by atoms with Crippen LogP contribution in [0.5, 0.6) is 0 Å². The summed E-state index contributed by atoms with van der Waals surface area (Å²) in [5.74, 6) is 0.708. The van der Waals surface area contributed by atoms with Gasteiger partial charge in [-0.3, -0.25) is 0 Å². The Balaban J connectivity index is 2.12. The number of hydrogen-bond acceptors (Lipinski definition) is 3. The Morgan fingerprint density at radius 1 is 1.35 bits per heavy atom. The molecule has 0 aromatic carbocycles. The molecule has 0 aromatic heterocycles. The van der Waals surface area contributed by atoms with Crippen molar-refractivity contribution in [1.29, 1.82) is 0 Å². The maximum atomic E-state index is 9.22. The summed E-state index contributed by atoms with van der Waals surface area (Å²) < 4.78 is 5.96. The maximum Gasteiger partial charge on any atom is 0.0600 e. The van der Waals surface area contributed by atoms with Gasteiger partial charge in [-0.15, -0.1) is 0 Å². The molecule has 2 N–H and O–H groups in total. The topological polar surface area (TPSA) is 41.5 Å². The minimum Gasteiger partial charge on any atom is -0.395 e. The molecule has 1 fully saturated rings. The van der Waals surface area contributed by atoms with Crippen molar-refractivity contribution in [2.75, 3.05) is 19.8 Å². The number of nitrogens with one attached hydrogen (secondary N) is 1. The van der Waals surface area contributed by atoms with Crippen molar-refractivity contribution < 1.29 is 9.84 Å². The van der Waals surface area contributed by atoms with Gasteiger partial charge in [-0.05, 0) is 38.1 Å². The number of aliphatic hydroxyl groups excluding tert-OH is 1. The van der Waals surface area contributed by atoms with Crippen molar-refractivity contribution >= 4 is 0 Å². The van der Waals surface area contributed by atoms with Gasteiger partial charge in [0.25, 0.3) is 0 Å². The van der Waals surface area contributed by atoms with Gasteiger partial charge in [-0.25, -0.2) is 0 Å². The highest BCUT2D eigenvalue weighted by molar-refractivity contribution is 4.73. The van der Waals surface area contributed by atoms with Crippen LogP contribution < -0.4 is 5.32 Å². The lowest BCUT2D eigenvalue weighted by Crippen LogP contribution is -2.35. The first-order valence-corrected chi connectivity index (χ1v) is 7.23. The van der Waals surface area contributed by atoms with Gasteiger partial charge in [0.2, 0.25) is 0 Å². The molecule has 1 rings (SSSR count). The fraction of sp³-hybridized carbons (Fsp3) is 1.00. The quantitative estimate of drug-likeness (QED) is 0.687. The van der Waals surface area contributed by atoms with Gasteiger partial charge in [-0.2, -0.15) is 0 Å². The summed E-state index contributed by atoms with van der Waals surface area (Å²) in [6.45, 7) is 6.40. The smallest absolute Gasteiger partial charge is 0.0600 e. The third-order valence-electron chi connectivity index (χ3n) is 3.73. The molecule has 3 nitrogen and oxygen atoms in total. The zero-order chi connectivity index (χ0) is 12.5. The van der Waals surface area contributed by atoms with Gasteiger partial charge in [-0.1, -0.05) is 26.7 Å². The summed E-state index contributed by atoms with van der Waals surface area (Å²) in [5, 5.41) is 12.6. The van der Waals surface area contributed by atoms with E-state index in [4.69, 9.17) is 4.74 Å². The Kier molecular flexibility index (Phi) is 7.82. The van der Waals surface area contributed by atoms with Crippen LogP contribution in [0.3, 0.4) is 0 Å². The lowest BCUT2D eigenvalue weighted by Gasteiger charge is -2.29. The Labute approximate surface area is 106 Å². The largest absolute Gasteiger partial charge is 0.395 e. The first-order valence-electron chi connectivity index (χ1n) is 7.23.